The van der Waals surface area contributed by atoms with Gasteiger partial charge in [-0.1, -0.05) is 13.8 Å². The van der Waals surface area contributed by atoms with Gasteiger partial charge in [-0.05, 0) is 56.9 Å². The normalized spacial score (nSPS) is 27.9. The molecule has 0 aromatic heterocycles. The molecule has 2 aliphatic carbocycles. The maximum Gasteiger partial charge on any atom is 0.0625 e. The minimum absolute atomic E-state index is 0.530. The molecule has 0 heterocycles. The Kier molecular flexibility index (Phi) is 3.91. The van der Waals surface area contributed by atoms with E-state index >= 15 is 0 Å². The van der Waals surface area contributed by atoms with Gasteiger partial charge in [-0.25, -0.2) is 0 Å². The van der Waals surface area contributed by atoms with E-state index in [2.05, 4.69) is 26.2 Å². The zero-order chi connectivity index (χ0) is 11.6. The van der Waals surface area contributed by atoms with Crippen LogP contribution in [0.1, 0.15) is 52.4 Å². The molecule has 94 valence electrons. The highest BCUT2D eigenvalue weighted by atomic mass is 16.5. The molecule has 2 saturated carbocycles. The average Bonchev–Trinajstić information content (AvgIpc) is 3.05. The second-order valence-corrected chi connectivity index (χ2v) is 6.43. The van der Waals surface area contributed by atoms with Crippen LogP contribution in [0.4, 0.5) is 0 Å². The van der Waals surface area contributed by atoms with E-state index in [1.54, 1.807) is 0 Å². The van der Waals surface area contributed by atoms with Crippen LogP contribution in [-0.4, -0.2) is 25.8 Å². The molecule has 2 fully saturated rings. The Bertz CT molecular complexity index is 213. The molecule has 0 aromatic carbocycles. The number of hydrogen-bond acceptors (Lipinski definition) is 2. The molecule has 2 rings (SSSR count). The van der Waals surface area contributed by atoms with E-state index in [1.165, 1.54) is 38.5 Å². The average molecular weight is 225 g/mol. The quantitative estimate of drug-likeness (QED) is 0.776. The van der Waals surface area contributed by atoms with Gasteiger partial charge in [0.05, 0.1) is 12.7 Å². The van der Waals surface area contributed by atoms with Gasteiger partial charge >= 0.3 is 0 Å². The summed E-state index contributed by atoms with van der Waals surface area (Å²) in [5, 5.41) is 3.39. The van der Waals surface area contributed by atoms with Crippen molar-refractivity contribution >= 4 is 0 Å². The van der Waals surface area contributed by atoms with Gasteiger partial charge in [0.2, 0.25) is 0 Å². The summed E-state index contributed by atoms with van der Waals surface area (Å²) in [4.78, 5) is 0. The Morgan fingerprint density at radius 2 is 1.81 bits per heavy atom. The Balaban J connectivity index is 1.66. The Morgan fingerprint density at radius 3 is 2.31 bits per heavy atom. The minimum Gasteiger partial charge on any atom is -0.377 e. The fourth-order valence-corrected chi connectivity index (χ4v) is 2.73. The number of nitrogens with one attached hydrogen (secondary N) is 1. The first-order chi connectivity index (χ1) is 7.61. The van der Waals surface area contributed by atoms with E-state index in [0.29, 0.717) is 17.6 Å². The van der Waals surface area contributed by atoms with Gasteiger partial charge in [-0.2, -0.15) is 0 Å². The molecule has 2 heteroatoms. The third-order valence-electron chi connectivity index (χ3n) is 4.36. The maximum absolute atomic E-state index is 6.07. The van der Waals surface area contributed by atoms with Crippen molar-refractivity contribution in [3.05, 3.63) is 0 Å². The van der Waals surface area contributed by atoms with Crippen molar-refractivity contribution in [3.63, 3.8) is 0 Å². The van der Waals surface area contributed by atoms with Crippen LogP contribution in [0.15, 0.2) is 0 Å². The zero-order valence-corrected chi connectivity index (χ0v) is 11.1. The van der Waals surface area contributed by atoms with Gasteiger partial charge in [0.1, 0.15) is 0 Å². The van der Waals surface area contributed by atoms with Crippen molar-refractivity contribution in [2.75, 3.05) is 13.7 Å². The van der Waals surface area contributed by atoms with Gasteiger partial charge in [0.15, 0.2) is 0 Å². The summed E-state index contributed by atoms with van der Waals surface area (Å²) in [5.41, 5.74) is 0.554. The third kappa shape index (κ3) is 3.46. The van der Waals surface area contributed by atoms with Crippen molar-refractivity contribution in [2.45, 2.75) is 64.5 Å². The summed E-state index contributed by atoms with van der Waals surface area (Å²) in [6.07, 6.45) is 8.49. The summed E-state index contributed by atoms with van der Waals surface area (Å²) >= 11 is 0. The van der Waals surface area contributed by atoms with Crippen molar-refractivity contribution < 1.29 is 4.74 Å². The van der Waals surface area contributed by atoms with E-state index in [-0.39, 0.29) is 0 Å². The van der Waals surface area contributed by atoms with Crippen molar-refractivity contribution in [1.29, 1.82) is 0 Å². The molecule has 1 N–H and O–H groups in total. The lowest BCUT2D eigenvalue weighted by molar-refractivity contribution is -0.00706. The molecule has 16 heavy (non-hydrogen) atoms. The van der Waals surface area contributed by atoms with Gasteiger partial charge in [0, 0.05) is 6.04 Å². The molecular formula is C14H27NO. The lowest BCUT2D eigenvalue weighted by Crippen LogP contribution is -2.35. The molecule has 0 aromatic rings. The predicted molar refractivity (Wildman–Crippen MR) is 67.6 cm³/mol. The van der Waals surface area contributed by atoms with Crippen LogP contribution >= 0.6 is 0 Å². The molecule has 2 aliphatic rings. The van der Waals surface area contributed by atoms with Crippen LogP contribution in [0, 0.1) is 11.3 Å². The molecule has 0 radical (unpaired) electrons. The Labute approximate surface area is 100 Å². The monoisotopic (exact) mass is 225 g/mol. The van der Waals surface area contributed by atoms with Crippen molar-refractivity contribution in [3.8, 4) is 0 Å². The Hall–Kier alpha value is -0.0800. The number of ether oxygens (including phenoxy) is 1. The highest BCUT2D eigenvalue weighted by Gasteiger charge is 2.32. The van der Waals surface area contributed by atoms with E-state index in [0.717, 1.165) is 12.5 Å². The second kappa shape index (κ2) is 5.05. The summed E-state index contributed by atoms with van der Waals surface area (Å²) in [6.45, 7) is 5.68. The standard InChI is InChI=1S/C14H27NO/c1-14(2)8-6-12(7-9-14)16-10-13(15-3)11-4-5-11/h11-13,15H,4-10H2,1-3H3. The first-order valence-corrected chi connectivity index (χ1v) is 6.89. The molecule has 0 saturated heterocycles. The lowest BCUT2D eigenvalue weighted by Gasteiger charge is -2.34. The van der Waals surface area contributed by atoms with Crippen LogP contribution in [0.5, 0.6) is 0 Å². The van der Waals surface area contributed by atoms with Crippen LogP contribution in [0.25, 0.3) is 0 Å². The van der Waals surface area contributed by atoms with Crippen LogP contribution in [0.2, 0.25) is 0 Å². The van der Waals surface area contributed by atoms with E-state index in [9.17, 15) is 0 Å². The van der Waals surface area contributed by atoms with Gasteiger partial charge in [0.25, 0.3) is 0 Å². The van der Waals surface area contributed by atoms with Crippen molar-refractivity contribution in [1.82, 2.24) is 5.32 Å². The summed E-state index contributed by atoms with van der Waals surface area (Å²) in [6, 6.07) is 0.606. The Morgan fingerprint density at radius 1 is 1.19 bits per heavy atom. The van der Waals surface area contributed by atoms with Crippen molar-refractivity contribution in [2.24, 2.45) is 11.3 Å². The van der Waals surface area contributed by atoms with E-state index < -0.39 is 0 Å². The second-order valence-electron chi connectivity index (χ2n) is 6.43. The fourth-order valence-electron chi connectivity index (χ4n) is 2.73. The topological polar surface area (TPSA) is 21.3 Å². The first kappa shape index (κ1) is 12.4. The molecule has 1 unspecified atom stereocenters. The highest BCUT2D eigenvalue weighted by Crippen LogP contribution is 2.37. The molecule has 0 aliphatic heterocycles. The molecule has 0 spiro atoms. The third-order valence-corrected chi connectivity index (χ3v) is 4.36. The van der Waals surface area contributed by atoms with Crippen LogP contribution in [0.3, 0.4) is 0 Å². The molecular weight excluding hydrogens is 198 g/mol. The van der Waals surface area contributed by atoms with E-state index in [1.807, 2.05) is 0 Å². The summed E-state index contributed by atoms with van der Waals surface area (Å²) < 4.78 is 6.07. The van der Waals surface area contributed by atoms with Gasteiger partial charge < -0.3 is 10.1 Å². The van der Waals surface area contributed by atoms with Gasteiger partial charge in [-0.15, -0.1) is 0 Å². The first-order valence-electron chi connectivity index (χ1n) is 6.89. The number of hydrogen-bond donors (Lipinski definition) is 1. The highest BCUT2D eigenvalue weighted by molar-refractivity contribution is 4.86. The molecule has 0 bridgehead atoms. The molecule has 0 amide bonds. The largest absolute Gasteiger partial charge is 0.377 e. The zero-order valence-electron chi connectivity index (χ0n) is 11.1. The number of rotatable bonds is 5. The molecule has 1 atom stereocenters. The van der Waals surface area contributed by atoms with Crippen LogP contribution < -0.4 is 5.32 Å². The minimum atomic E-state index is 0.530. The van der Waals surface area contributed by atoms with Crippen LogP contribution in [-0.2, 0) is 4.74 Å². The number of likely N-dealkylation sites (N-methyl/N-ethyl adjacent to an activating group) is 1. The summed E-state index contributed by atoms with van der Waals surface area (Å²) in [5.74, 6) is 0.894. The molecule has 2 nitrogen and oxygen atoms in total. The predicted octanol–water partition coefficient (Wildman–Crippen LogP) is 2.97. The SMILES string of the molecule is CNC(COC1CCC(C)(C)CC1)C1CC1. The van der Waals surface area contributed by atoms with Gasteiger partial charge in [-0.3, -0.25) is 0 Å². The maximum atomic E-state index is 6.07. The fraction of sp³-hybridized carbons (Fsp3) is 1.00. The smallest absolute Gasteiger partial charge is 0.0625 e. The van der Waals surface area contributed by atoms with E-state index in [4.69, 9.17) is 4.74 Å². The lowest BCUT2D eigenvalue weighted by atomic mass is 9.76. The summed E-state index contributed by atoms with van der Waals surface area (Å²) in [7, 11) is 2.07.